The van der Waals surface area contributed by atoms with Crippen LogP contribution in [0.2, 0.25) is 0 Å². The Balaban J connectivity index is 1.85. The van der Waals surface area contributed by atoms with Gasteiger partial charge in [0.05, 0.1) is 28.9 Å². The van der Waals surface area contributed by atoms with E-state index in [-0.39, 0.29) is 24.2 Å². The van der Waals surface area contributed by atoms with Gasteiger partial charge in [-0.05, 0) is 51.9 Å². The lowest BCUT2D eigenvalue weighted by atomic mass is 9.97. The summed E-state index contributed by atoms with van der Waals surface area (Å²) in [4.78, 5) is 31.8. The summed E-state index contributed by atoms with van der Waals surface area (Å²) in [6.45, 7) is 6.22. The molecule has 4 N–H and O–H groups in total. The number of Topliss-reactive ketones (excluding diaryl/α,β-unsaturated/α-hetero) is 1. The van der Waals surface area contributed by atoms with Gasteiger partial charge >= 0.3 is 5.97 Å². The summed E-state index contributed by atoms with van der Waals surface area (Å²) in [5, 5.41) is 3.22. The molecule has 1 fully saturated rings. The van der Waals surface area contributed by atoms with E-state index in [2.05, 4.69) is 15.3 Å². The highest BCUT2D eigenvalue weighted by Gasteiger charge is 2.36. The largest absolute Gasteiger partial charge is 0.445 e. The van der Waals surface area contributed by atoms with Crippen molar-refractivity contribution < 1.29 is 14.3 Å². The number of esters is 1. The first-order chi connectivity index (χ1) is 11.8. The van der Waals surface area contributed by atoms with Crippen molar-refractivity contribution in [2.75, 3.05) is 13.1 Å². The molecule has 1 aromatic heterocycles. The minimum absolute atomic E-state index is 0.0239. The van der Waals surface area contributed by atoms with Crippen molar-refractivity contribution in [1.29, 1.82) is 0 Å². The number of benzene rings is 1. The summed E-state index contributed by atoms with van der Waals surface area (Å²) in [5.74, 6) is 0.345. The highest BCUT2D eigenvalue weighted by atomic mass is 16.6. The smallest absolute Gasteiger partial charge is 0.312 e. The number of hydrogen-bond donors (Lipinski definition) is 3. The number of hydrogen-bond acceptors (Lipinski definition) is 6. The van der Waals surface area contributed by atoms with Gasteiger partial charge in [0.2, 0.25) is 0 Å². The van der Waals surface area contributed by atoms with E-state index in [0.29, 0.717) is 5.56 Å². The number of ketones is 1. The summed E-state index contributed by atoms with van der Waals surface area (Å²) < 4.78 is 5.64. The zero-order valence-corrected chi connectivity index (χ0v) is 14.8. The first-order valence-electron chi connectivity index (χ1n) is 8.47. The fraction of sp³-hybridized carbons (Fsp3) is 0.500. The molecule has 0 radical (unpaired) electrons. The molecule has 0 bridgehead atoms. The number of H-pyrrole nitrogens is 1. The number of carbonyl (C=O) groups is 2. The normalized spacial score (nSPS) is 20.8. The fourth-order valence-corrected chi connectivity index (χ4v) is 2.87. The fourth-order valence-electron chi connectivity index (χ4n) is 2.87. The van der Waals surface area contributed by atoms with Crippen LogP contribution in [0.1, 0.15) is 49.3 Å². The zero-order chi connectivity index (χ0) is 18.2. The Labute approximate surface area is 146 Å². The molecule has 7 heteroatoms. The van der Waals surface area contributed by atoms with Gasteiger partial charge in [-0.25, -0.2) is 4.98 Å². The molecule has 3 rings (SSSR count). The average Bonchev–Trinajstić information content (AvgIpc) is 3.18. The van der Waals surface area contributed by atoms with E-state index in [0.717, 1.165) is 29.8 Å². The number of aromatic nitrogens is 2. The molecule has 0 amide bonds. The average molecular weight is 344 g/mol. The van der Waals surface area contributed by atoms with E-state index >= 15 is 0 Å². The molecule has 2 aromatic rings. The minimum Gasteiger partial charge on any atom is -0.445 e. The van der Waals surface area contributed by atoms with Gasteiger partial charge in [-0.2, -0.15) is 0 Å². The second-order valence-corrected chi connectivity index (χ2v) is 7.41. The van der Waals surface area contributed by atoms with Crippen LogP contribution < -0.4 is 11.1 Å². The van der Waals surface area contributed by atoms with Crippen LogP contribution in [0.5, 0.6) is 0 Å². The number of rotatable bonds is 4. The van der Waals surface area contributed by atoms with E-state index in [1.807, 2.05) is 20.8 Å². The maximum absolute atomic E-state index is 12.2. The molecular formula is C18H24N4O3. The van der Waals surface area contributed by atoms with Gasteiger partial charge < -0.3 is 15.5 Å². The van der Waals surface area contributed by atoms with Gasteiger partial charge in [0.15, 0.2) is 12.0 Å². The summed E-state index contributed by atoms with van der Waals surface area (Å²) >= 11 is 0. The minimum atomic E-state index is -0.555. The van der Waals surface area contributed by atoms with Gasteiger partial charge in [0, 0.05) is 5.56 Å². The molecule has 1 saturated heterocycles. The number of carbonyl (C=O) groups excluding carboxylic acids is 2. The third-order valence-corrected chi connectivity index (χ3v) is 4.37. The molecular weight excluding hydrogens is 320 g/mol. The SMILES string of the molecule is CC(C)(C)C(=O)OC1NCC[C@H]1c1nc2ccc(C(=O)CN)cc2[nH]1. The van der Waals surface area contributed by atoms with E-state index in [1.165, 1.54) is 0 Å². The summed E-state index contributed by atoms with van der Waals surface area (Å²) in [6, 6.07) is 5.29. The predicted molar refractivity (Wildman–Crippen MR) is 94.2 cm³/mol. The Kier molecular flexibility index (Phi) is 4.62. The topological polar surface area (TPSA) is 110 Å². The highest BCUT2D eigenvalue weighted by molar-refractivity contribution is 6.00. The van der Waals surface area contributed by atoms with Gasteiger partial charge in [-0.15, -0.1) is 0 Å². The van der Waals surface area contributed by atoms with Crippen LogP contribution in [0, 0.1) is 5.41 Å². The first-order valence-corrected chi connectivity index (χ1v) is 8.47. The van der Waals surface area contributed by atoms with Crippen LogP contribution in [0.3, 0.4) is 0 Å². The second kappa shape index (κ2) is 6.57. The molecule has 2 heterocycles. The standard InChI is InChI=1S/C18H24N4O3/c1-18(2,3)17(24)25-16-11(6-7-20-16)15-21-12-5-4-10(14(23)9-19)8-13(12)22-15/h4-5,8,11,16,20H,6-7,9,19H2,1-3H3,(H,21,22)/t11-,16?/m0/s1. The van der Waals surface area contributed by atoms with Crippen molar-refractivity contribution in [2.24, 2.45) is 11.1 Å². The van der Waals surface area contributed by atoms with Gasteiger partial charge in [0.1, 0.15) is 5.82 Å². The molecule has 7 nitrogen and oxygen atoms in total. The number of imidazole rings is 1. The molecule has 2 atom stereocenters. The monoisotopic (exact) mass is 344 g/mol. The second-order valence-electron chi connectivity index (χ2n) is 7.41. The quantitative estimate of drug-likeness (QED) is 0.575. The van der Waals surface area contributed by atoms with Crippen LogP contribution in [-0.2, 0) is 9.53 Å². The molecule has 1 aliphatic heterocycles. The van der Waals surface area contributed by atoms with Crippen molar-refractivity contribution in [2.45, 2.75) is 39.3 Å². The molecule has 134 valence electrons. The Morgan fingerprint density at radius 1 is 1.36 bits per heavy atom. The van der Waals surface area contributed by atoms with E-state index in [4.69, 9.17) is 10.5 Å². The van der Waals surface area contributed by atoms with Crippen LogP contribution in [-0.4, -0.2) is 41.0 Å². The van der Waals surface area contributed by atoms with Crippen molar-refractivity contribution in [3.05, 3.63) is 29.6 Å². The maximum Gasteiger partial charge on any atom is 0.312 e. The number of nitrogens with two attached hydrogens (primary N) is 1. The van der Waals surface area contributed by atoms with Crippen LogP contribution in [0.15, 0.2) is 18.2 Å². The summed E-state index contributed by atoms with van der Waals surface area (Å²) in [6.07, 6.45) is 0.411. The molecule has 1 aliphatic rings. The zero-order valence-electron chi connectivity index (χ0n) is 14.8. The Morgan fingerprint density at radius 2 is 2.12 bits per heavy atom. The predicted octanol–water partition coefficient (Wildman–Crippen LogP) is 1.70. The summed E-state index contributed by atoms with van der Waals surface area (Å²) in [7, 11) is 0. The molecule has 25 heavy (non-hydrogen) atoms. The Bertz CT molecular complexity index is 806. The lowest BCUT2D eigenvalue weighted by Crippen LogP contribution is -2.36. The maximum atomic E-state index is 12.2. The Hall–Kier alpha value is -2.25. The third-order valence-electron chi connectivity index (χ3n) is 4.37. The van der Waals surface area contributed by atoms with E-state index in [9.17, 15) is 9.59 Å². The molecule has 0 spiro atoms. The van der Waals surface area contributed by atoms with Crippen LogP contribution >= 0.6 is 0 Å². The van der Waals surface area contributed by atoms with Crippen molar-refractivity contribution in [3.63, 3.8) is 0 Å². The van der Waals surface area contributed by atoms with Gasteiger partial charge in [0.25, 0.3) is 0 Å². The highest BCUT2D eigenvalue weighted by Crippen LogP contribution is 2.30. The molecule has 1 unspecified atom stereocenters. The number of ether oxygens (including phenoxy) is 1. The number of nitrogens with one attached hydrogen (secondary N) is 2. The van der Waals surface area contributed by atoms with E-state index < -0.39 is 11.6 Å². The number of fused-ring (bicyclic) bond motifs is 1. The first kappa shape index (κ1) is 17.6. The van der Waals surface area contributed by atoms with Crippen molar-refractivity contribution >= 4 is 22.8 Å². The van der Waals surface area contributed by atoms with Crippen molar-refractivity contribution in [3.8, 4) is 0 Å². The molecule has 1 aromatic carbocycles. The Morgan fingerprint density at radius 3 is 2.80 bits per heavy atom. The van der Waals surface area contributed by atoms with Gasteiger partial charge in [-0.1, -0.05) is 0 Å². The lowest BCUT2D eigenvalue weighted by Gasteiger charge is -2.23. The molecule has 0 saturated carbocycles. The van der Waals surface area contributed by atoms with Crippen LogP contribution in [0.4, 0.5) is 0 Å². The number of nitrogens with zero attached hydrogens (tertiary/aromatic N) is 1. The lowest BCUT2D eigenvalue weighted by molar-refractivity contribution is -0.160. The molecule has 0 aliphatic carbocycles. The third kappa shape index (κ3) is 3.57. The van der Waals surface area contributed by atoms with Gasteiger partial charge in [-0.3, -0.25) is 14.9 Å². The number of aromatic amines is 1. The summed E-state index contributed by atoms with van der Waals surface area (Å²) in [5.41, 5.74) is 6.98. The van der Waals surface area contributed by atoms with Crippen molar-refractivity contribution in [1.82, 2.24) is 15.3 Å². The van der Waals surface area contributed by atoms with Crippen LogP contribution in [0.25, 0.3) is 11.0 Å². The van der Waals surface area contributed by atoms with E-state index in [1.54, 1.807) is 18.2 Å².